The number of hydrogen-bond donors (Lipinski definition) is 0. The van der Waals surface area contributed by atoms with E-state index in [2.05, 4.69) is 35.6 Å². The molecule has 0 saturated heterocycles. The smallest absolute Gasteiger partial charge is 0.119 e. The summed E-state index contributed by atoms with van der Waals surface area (Å²) in [7, 11) is 1.99. The van der Waals surface area contributed by atoms with Crippen molar-refractivity contribution in [2.24, 2.45) is 0 Å². The first-order chi connectivity index (χ1) is 10.7. The van der Waals surface area contributed by atoms with Crippen LogP contribution in [0.1, 0.15) is 11.1 Å². The molecule has 0 aromatic heterocycles. The lowest BCUT2D eigenvalue weighted by molar-refractivity contribution is 0.306. The largest absolute Gasteiger partial charge is 0.489 e. The van der Waals surface area contributed by atoms with E-state index in [-0.39, 0.29) is 0 Å². The molecule has 0 atom stereocenters. The molecule has 22 heavy (non-hydrogen) atoms. The van der Waals surface area contributed by atoms with Gasteiger partial charge in [-0.3, -0.25) is 4.90 Å². The zero-order valence-corrected chi connectivity index (χ0v) is 13.0. The number of para-hydroxylation sites is 1. The maximum atomic E-state index is 5.78. The van der Waals surface area contributed by atoms with Crippen LogP contribution in [0.25, 0.3) is 5.57 Å². The van der Waals surface area contributed by atoms with E-state index in [9.17, 15) is 0 Å². The Morgan fingerprint density at radius 3 is 2.68 bits per heavy atom. The summed E-state index contributed by atoms with van der Waals surface area (Å²) < 4.78 is 5.78. The van der Waals surface area contributed by atoms with E-state index in [1.54, 1.807) is 0 Å². The van der Waals surface area contributed by atoms with Crippen molar-refractivity contribution in [1.82, 2.24) is 4.90 Å². The summed E-state index contributed by atoms with van der Waals surface area (Å²) in [6, 6.07) is 18.1. The maximum Gasteiger partial charge on any atom is 0.119 e. The van der Waals surface area contributed by atoms with Gasteiger partial charge in [0.25, 0.3) is 0 Å². The Kier molecular flexibility index (Phi) is 5.82. The highest BCUT2D eigenvalue weighted by Gasteiger charge is 2.04. The molecule has 0 unspecified atom stereocenters. The molecule has 0 radical (unpaired) electrons. The second-order valence-electron chi connectivity index (χ2n) is 5.28. The van der Waals surface area contributed by atoms with Crippen LogP contribution in [-0.4, -0.2) is 25.0 Å². The third-order valence-electron chi connectivity index (χ3n) is 3.31. The second-order valence-corrected chi connectivity index (χ2v) is 5.28. The third kappa shape index (κ3) is 4.80. The van der Waals surface area contributed by atoms with Crippen LogP contribution in [-0.2, 0) is 6.61 Å². The first kappa shape index (κ1) is 15.9. The first-order valence-electron chi connectivity index (χ1n) is 7.26. The lowest BCUT2D eigenvalue weighted by Crippen LogP contribution is -2.20. The van der Waals surface area contributed by atoms with Crippen molar-refractivity contribution >= 4 is 5.57 Å². The third-order valence-corrected chi connectivity index (χ3v) is 3.31. The van der Waals surface area contributed by atoms with Crippen LogP contribution in [0, 0.1) is 12.3 Å². The molecule has 0 spiro atoms. The van der Waals surface area contributed by atoms with Crippen LogP contribution in [0.2, 0.25) is 0 Å². The molecule has 2 aromatic carbocycles. The van der Waals surface area contributed by atoms with Gasteiger partial charge >= 0.3 is 0 Å². The number of likely N-dealkylation sites (N-methyl/N-ethyl adjacent to an activating group) is 1. The molecule has 112 valence electrons. The molecule has 2 heteroatoms. The maximum absolute atomic E-state index is 5.78. The minimum Gasteiger partial charge on any atom is -0.489 e. The Bertz CT molecular complexity index is 655. The Morgan fingerprint density at radius 1 is 1.18 bits per heavy atom. The van der Waals surface area contributed by atoms with Gasteiger partial charge in [0.05, 0.1) is 6.54 Å². The Hall–Kier alpha value is -2.50. The quantitative estimate of drug-likeness (QED) is 0.719. The molecule has 0 heterocycles. The summed E-state index contributed by atoms with van der Waals surface area (Å²) in [6.45, 7) is 6.08. The summed E-state index contributed by atoms with van der Waals surface area (Å²) in [6.07, 6.45) is 5.32. The van der Waals surface area contributed by atoms with Crippen LogP contribution < -0.4 is 4.74 Å². The van der Waals surface area contributed by atoms with Crippen molar-refractivity contribution in [2.45, 2.75) is 6.61 Å². The van der Waals surface area contributed by atoms with Crippen molar-refractivity contribution in [2.75, 3.05) is 20.1 Å². The van der Waals surface area contributed by atoms with Gasteiger partial charge in [-0.1, -0.05) is 48.9 Å². The van der Waals surface area contributed by atoms with E-state index in [0.717, 1.165) is 29.0 Å². The summed E-state index contributed by atoms with van der Waals surface area (Å²) in [5, 5.41) is 0. The number of ether oxygens (including phenoxy) is 1. The van der Waals surface area contributed by atoms with Crippen molar-refractivity contribution in [3.8, 4) is 18.1 Å². The normalized spacial score (nSPS) is 10.2. The van der Waals surface area contributed by atoms with E-state index < -0.39 is 0 Å². The van der Waals surface area contributed by atoms with Gasteiger partial charge in [0.15, 0.2) is 0 Å². The average Bonchev–Trinajstić information content (AvgIpc) is 2.54. The van der Waals surface area contributed by atoms with Gasteiger partial charge in [-0.15, -0.1) is 6.42 Å². The predicted molar refractivity (Wildman–Crippen MR) is 92.6 cm³/mol. The zero-order chi connectivity index (χ0) is 15.8. The number of terminal acetylenes is 1. The fourth-order valence-corrected chi connectivity index (χ4v) is 2.19. The monoisotopic (exact) mass is 291 g/mol. The summed E-state index contributed by atoms with van der Waals surface area (Å²) in [4.78, 5) is 2.06. The molecule has 0 bridgehead atoms. The van der Waals surface area contributed by atoms with Gasteiger partial charge in [-0.2, -0.15) is 0 Å². The van der Waals surface area contributed by atoms with Crippen LogP contribution in [0.5, 0.6) is 5.75 Å². The number of nitrogens with zero attached hydrogens (tertiary/aromatic N) is 1. The number of rotatable bonds is 7. The van der Waals surface area contributed by atoms with E-state index in [1.807, 2.05) is 43.4 Å². The lowest BCUT2D eigenvalue weighted by Gasteiger charge is -2.16. The van der Waals surface area contributed by atoms with Crippen LogP contribution in [0.3, 0.4) is 0 Å². The highest BCUT2D eigenvalue weighted by atomic mass is 16.5. The van der Waals surface area contributed by atoms with Crippen molar-refractivity contribution in [3.63, 3.8) is 0 Å². The average molecular weight is 291 g/mol. The Balaban J connectivity index is 1.97. The Labute approximate surface area is 133 Å². The molecule has 2 rings (SSSR count). The number of hydrogen-bond acceptors (Lipinski definition) is 2. The molecule has 2 nitrogen and oxygen atoms in total. The first-order valence-corrected chi connectivity index (χ1v) is 7.26. The van der Waals surface area contributed by atoms with Crippen molar-refractivity contribution in [1.29, 1.82) is 0 Å². The molecular weight excluding hydrogens is 270 g/mol. The molecular formula is C20H21NO. The topological polar surface area (TPSA) is 12.5 Å². The van der Waals surface area contributed by atoms with E-state index >= 15 is 0 Å². The van der Waals surface area contributed by atoms with Crippen molar-refractivity contribution < 1.29 is 4.74 Å². The standard InChI is InChI=1S/C20H21NO/c1-4-13-21(3)15-17(2)19-10-8-9-18(14-19)16-22-20-11-6-5-7-12-20/h1,5-12,14H,2,13,15-16H2,3H3. The summed E-state index contributed by atoms with van der Waals surface area (Å²) in [5.74, 6) is 3.51. The van der Waals surface area contributed by atoms with Crippen LogP contribution >= 0.6 is 0 Å². The Morgan fingerprint density at radius 2 is 1.95 bits per heavy atom. The van der Waals surface area contributed by atoms with E-state index in [4.69, 9.17) is 11.2 Å². The van der Waals surface area contributed by atoms with Crippen molar-refractivity contribution in [3.05, 3.63) is 72.3 Å². The summed E-state index contributed by atoms with van der Waals surface area (Å²) >= 11 is 0. The highest BCUT2D eigenvalue weighted by molar-refractivity contribution is 5.65. The zero-order valence-electron chi connectivity index (χ0n) is 13.0. The van der Waals surface area contributed by atoms with Crippen LogP contribution in [0.15, 0.2) is 61.2 Å². The molecule has 0 amide bonds. The van der Waals surface area contributed by atoms with Gasteiger partial charge < -0.3 is 4.74 Å². The SMILES string of the molecule is C#CCN(C)CC(=C)c1cccc(COc2ccccc2)c1. The molecule has 0 aliphatic rings. The van der Waals surface area contributed by atoms with Gasteiger partial charge in [0, 0.05) is 6.54 Å². The predicted octanol–water partition coefficient (Wildman–Crippen LogP) is 3.84. The molecule has 0 fully saturated rings. The minimum atomic E-state index is 0.547. The number of benzene rings is 2. The van der Waals surface area contributed by atoms with E-state index in [1.165, 1.54) is 0 Å². The highest BCUT2D eigenvalue weighted by Crippen LogP contribution is 2.17. The molecule has 0 saturated carbocycles. The second kappa shape index (κ2) is 8.07. The molecule has 0 aliphatic carbocycles. The molecule has 0 aliphatic heterocycles. The van der Waals surface area contributed by atoms with Gasteiger partial charge in [-0.25, -0.2) is 0 Å². The van der Waals surface area contributed by atoms with Gasteiger partial charge in [0.2, 0.25) is 0 Å². The fraction of sp³-hybridized carbons (Fsp3) is 0.200. The van der Waals surface area contributed by atoms with Crippen LogP contribution in [0.4, 0.5) is 0 Å². The molecule has 0 N–H and O–H groups in total. The van der Waals surface area contributed by atoms with E-state index in [0.29, 0.717) is 13.2 Å². The minimum absolute atomic E-state index is 0.547. The van der Waals surface area contributed by atoms with Gasteiger partial charge in [-0.05, 0) is 41.9 Å². The fourth-order valence-electron chi connectivity index (χ4n) is 2.19. The lowest BCUT2D eigenvalue weighted by atomic mass is 10.0. The molecule has 2 aromatic rings. The van der Waals surface area contributed by atoms with Gasteiger partial charge in [0.1, 0.15) is 12.4 Å². The summed E-state index contributed by atoms with van der Waals surface area (Å²) in [5.41, 5.74) is 3.31.